The molecule has 0 aromatic rings. The van der Waals surface area contributed by atoms with Crippen LogP contribution in [0.25, 0.3) is 0 Å². The van der Waals surface area contributed by atoms with Gasteiger partial charge in [0.25, 0.3) is 0 Å². The average Bonchev–Trinajstić information content (AvgIpc) is 2.79. The van der Waals surface area contributed by atoms with E-state index in [2.05, 4.69) is 6.58 Å². The summed E-state index contributed by atoms with van der Waals surface area (Å²) in [5, 5.41) is 8.29. The molecular formula is C20H36BF2O3. The minimum absolute atomic E-state index is 0.0744. The fourth-order valence-electron chi connectivity index (χ4n) is 1.56. The van der Waals surface area contributed by atoms with Crippen molar-refractivity contribution in [2.75, 3.05) is 6.61 Å². The lowest BCUT2D eigenvalue weighted by molar-refractivity contribution is 0.00578. The van der Waals surface area contributed by atoms with Gasteiger partial charge in [0.1, 0.15) is 0 Å². The van der Waals surface area contributed by atoms with Crippen LogP contribution >= 0.6 is 0 Å². The topological polar surface area (TPSA) is 38.7 Å². The highest BCUT2D eigenvalue weighted by atomic mass is 19.1. The molecule has 0 amide bonds. The molecule has 6 heteroatoms. The number of hydrogen-bond donors (Lipinski definition) is 1. The van der Waals surface area contributed by atoms with E-state index in [4.69, 9.17) is 14.4 Å². The first-order chi connectivity index (χ1) is 12.1. The lowest BCUT2D eigenvalue weighted by atomic mass is 9.90. The molecule has 0 aromatic carbocycles. The largest absolute Gasteiger partial charge is 0.488 e. The van der Waals surface area contributed by atoms with E-state index in [9.17, 15) is 8.78 Å². The standard InChI is InChI=1S/C7H13FO.C7H11F.C6H12BO2/c1-2-4-7(8)5-3-6-9;1-3-5-7(8)6-4-2;1-5(2)6(3,4)9-7-8-5/h4,9H,2-3,5-6H2,1H3;3,6H,1,4-5H2,2H3;1-4H3/b7-4-;7-6-;. The minimum Gasteiger partial charge on any atom is -0.405 e. The van der Waals surface area contributed by atoms with Crippen LogP contribution in [0.5, 0.6) is 0 Å². The zero-order valence-corrected chi connectivity index (χ0v) is 17.3. The maximum absolute atomic E-state index is 12.3. The second-order valence-electron chi connectivity index (χ2n) is 6.79. The van der Waals surface area contributed by atoms with E-state index in [1.807, 2.05) is 41.5 Å². The Morgan fingerprint density at radius 2 is 1.46 bits per heavy atom. The molecule has 1 heterocycles. The van der Waals surface area contributed by atoms with Gasteiger partial charge in [-0.25, -0.2) is 8.78 Å². The van der Waals surface area contributed by atoms with Gasteiger partial charge in [-0.15, -0.1) is 6.58 Å². The smallest absolute Gasteiger partial charge is 0.405 e. The summed E-state index contributed by atoms with van der Waals surface area (Å²) in [7, 11) is 1.42. The second kappa shape index (κ2) is 15.1. The molecule has 151 valence electrons. The van der Waals surface area contributed by atoms with Crippen molar-refractivity contribution in [2.24, 2.45) is 0 Å². The Bertz CT molecular complexity index is 419. The Morgan fingerprint density at radius 1 is 1.00 bits per heavy atom. The van der Waals surface area contributed by atoms with Gasteiger partial charge >= 0.3 is 7.69 Å². The molecule has 1 saturated heterocycles. The molecule has 1 aliphatic heterocycles. The molecule has 1 radical (unpaired) electrons. The van der Waals surface area contributed by atoms with Gasteiger partial charge < -0.3 is 14.4 Å². The third-order valence-corrected chi connectivity index (χ3v) is 3.90. The van der Waals surface area contributed by atoms with Gasteiger partial charge in [-0.1, -0.05) is 32.1 Å². The van der Waals surface area contributed by atoms with Crippen LogP contribution in [-0.2, 0) is 9.31 Å². The van der Waals surface area contributed by atoms with E-state index in [1.165, 1.54) is 13.8 Å². The normalized spacial score (nSPS) is 18.0. The van der Waals surface area contributed by atoms with Gasteiger partial charge in [0.2, 0.25) is 0 Å². The summed E-state index contributed by atoms with van der Waals surface area (Å²) in [4.78, 5) is 0. The number of hydrogen-bond acceptors (Lipinski definition) is 3. The first-order valence-corrected chi connectivity index (χ1v) is 9.16. The zero-order valence-electron chi connectivity index (χ0n) is 17.3. The monoisotopic (exact) mass is 373 g/mol. The Labute approximate surface area is 159 Å². The van der Waals surface area contributed by atoms with E-state index in [0.29, 0.717) is 19.3 Å². The number of aliphatic hydroxyl groups excluding tert-OH is 1. The molecule has 0 spiro atoms. The predicted molar refractivity (Wildman–Crippen MR) is 106 cm³/mol. The molecule has 0 aromatic heterocycles. The summed E-state index contributed by atoms with van der Waals surface area (Å²) >= 11 is 0. The molecule has 26 heavy (non-hydrogen) atoms. The Kier molecular flexibility index (Phi) is 15.8. The van der Waals surface area contributed by atoms with Crippen molar-refractivity contribution in [3.8, 4) is 0 Å². The van der Waals surface area contributed by atoms with Crippen LogP contribution in [0.4, 0.5) is 8.78 Å². The molecular weight excluding hydrogens is 337 g/mol. The first-order valence-electron chi connectivity index (χ1n) is 9.16. The van der Waals surface area contributed by atoms with Crippen LogP contribution in [0.15, 0.2) is 36.5 Å². The number of aliphatic hydroxyl groups is 1. The molecule has 1 N–H and O–H groups in total. The van der Waals surface area contributed by atoms with E-state index < -0.39 is 0 Å². The molecule has 0 aliphatic carbocycles. The van der Waals surface area contributed by atoms with Crippen LogP contribution in [-0.4, -0.2) is 30.6 Å². The molecule has 1 aliphatic rings. The van der Waals surface area contributed by atoms with Crippen molar-refractivity contribution < 1.29 is 23.2 Å². The zero-order chi connectivity index (χ0) is 20.6. The molecule has 0 unspecified atom stereocenters. The van der Waals surface area contributed by atoms with Gasteiger partial charge in [0.05, 0.1) is 22.9 Å². The highest BCUT2D eigenvalue weighted by Crippen LogP contribution is 2.33. The minimum atomic E-state index is -0.188. The summed E-state index contributed by atoms with van der Waals surface area (Å²) in [6, 6.07) is 0. The van der Waals surface area contributed by atoms with Crippen molar-refractivity contribution in [3.63, 3.8) is 0 Å². The Morgan fingerprint density at radius 3 is 1.77 bits per heavy atom. The van der Waals surface area contributed by atoms with E-state index in [1.54, 1.807) is 12.2 Å². The summed E-state index contributed by atoms with van der Waals surface area (Å²) < 4.78 is 35.0. The van der Waals surface area contributed by atoms with E-state index in [0.717, 1.165) is 12.8 Å². The summed E-state index contributed by atoms with van der Waals surface area (Å²) in [5.74, 6) is -0.186. The lowest BCUT2D eigenvalue weighted by Crippen LogP contribution is -2.41. The van der Waals surface area contributed by atoms with E-state index >= 15 is 0 Å². The predicted octanol–water partition coefficient (Wildman–Crippen LogP) is 5.97. The van der Waals surface area contributed by atoms with Crippen LogP contribution in [0, 0.1) is 0 Å². The van der Waals surface area contributed by atoms with Gasteiger partial charge in [-0.3, -0.25) is 0 Å². The van der Waals surface area contributed by atoms with Crippen LogP contribution in [0.3, 0.4) is 0 Å². The molecule has 1 rings (SSSR count). The molecule has 0 atom stereocenters. The van der Waals surface area contributed by atoms with Crippen molar-refractivity contribution in [1.29, 1.82) is 0 Å². The van der Waals surface area contributed by atoms with Crippen molar-refractivity contribution in [3.05, 3.63) is 36.5 Å². The van der Waals surface area contributed by atoms with Crippen molar-refractivity contribution in [1.82, 2.24) is 0 Å². The third kappa shape index (κ3) is 13.3. The van der Waals surface area contributed by atoms with Crippen LogP contribution in [0.1, 0.15) is 73.6 Å². The molecule has 0 bridgehead atoms. The maximum atomic E-state index is 12.3. The van der Waals surface area contributed by atoms with Gasteiger partial charge in [-0.05, 0) is 47.0 Å². The van der Waals surface area contributed by atoms with Gasteiger partial charge in [0, 0.05) is 19.4 Å². The first kappa shape index (κ1) is 27.2. The van der Waals surface area contributed by atoms with Crippen molar-refractivity contribution >= 4 is 7.69 Å². The molecule has 1 fully saturated rings. The third-order valence-electron chi connectivity index (χ3n) is 3.90. The Balaban J connectivity index is 0. The molecule has 0 saturated carbocycles. The SMILES string of the molecule is C=CC/C(F)=C/CC.CC/C=C(\F)CCCO.CC1(C)O[B]OC1(C)C. The fourth-order valence-corrected chi connectivity index (χ4v) is 1.56. The van der Waals surface area contributed by atoms with Gasteiger partial charge in [-0.2, -0.15) is 0 Å². The number of rotatable bonds is 7. The lowest BCUT2D eigenvalue weighted by Gasteiger charge is -2.32. The number of halogens is 2. The second-order valence-corrected chi connectivity index (χ2v) is 6.79. The maximum Gasteiger partial charge on any atom is 0.488 e. The summed E-state index contributed by atoms with van der Waals surface area (Å²) in [6.45, 7) is 15.3. The summed E-state index contributed by atoms with van der Waals surface area (Å²) in [5.41, 5.74) is -0.375. The van der Waals surface area contributed by atoms with Gasteiger partial charge in [0.15, 0.2) is 0 Å². The Hall–Kier alpha value is -0.975. The quantitative estimate of drug-likeness (QED) is 0.441. The van der Waals surface area contributed by atoms with Crippen LogP contribution < -0.4 is 0 Å². The van der Waals surface area contributed by atoms with E-state index in [-0.39, 0.29) is 29.5 Å². The average molecular weight is 373 g/mol. The molecule has 3 nitrogen and oxygen atoms in total. The highest BCUT2D eigenvalue weighted by Gasteiger charge is 2.44. The summed E-state index contributed by atoms with van der Waals surface area (Å²) in [6.07, 6.45) is 7.43. The van der Waals surface area contributed by atoms with Crippen LogP contribution in [0.2, 0.25) is 0 Å². The number of allylic oxidation sites excluding steroid dienone is 5. The highest BCUT2D eigenvalue weighted by molar-refractivity contribution is 6.19. The fraction of sp³-hybridized carbons (Fsp3) is 0.700. The van der Waals surface area contributed by atoms with Crippen molar-refractivity contribution in [2.45, 2.75) is 84.8 Å².